The van der Waals surface area contributed by atoms with E-state index in [-0.39, 0.29) is 39.9 Å². The van der Waals surface area contributed by atoms with E-state index >= 15 is 0 Å². The minimum absolute atomic E-state index is 0.00760. The number of aliphatic hydroxyl groups is 1. The number of nitrogens with zero attached hydrogens (tertiary/aromatic N) is 1. The van der Waals surface area contributed by atoms with E-state index in [1.165, 1.54) is 24.3 Å². The SMILES string of the molecule is CCC(CCO)CS(=O)(=O)c1ccc(-c2ccc(F)cc2F)c(C#N)c1. The first kappa shape index (κ1) is 20.0. The third-order valence-electron chi connectivity index (χ3n) is 4.26. The molecule has 0 saturated carbocycles. The average molecular weight is 379 g/mol. The quantitative estimate of drug-likeness (QED) is 0.796. The maximum absolute atomic E-state index is 14.0. The lowest BCUT2D eigenvalue weighted by molar-refractivity contribution is 0.261. The van der Waals surface area contributed by atoms with Gasteiger partial charge in [0, 0.05) is 23.8 Å². The smallest absolute Gasteiger partial charge is 0.178 e. The van der Waals surface area contributed by atoms with Gasteiger partial charge in [-0.15, -0.1) is 0 Å². The van der Waals surface area contributed by atoms with E-state index in [1.54, 1.807) is 0 Å². The highest BCUT2D eigenvalue weighted by molar-refractivity contribution is 7.91. The molecule has 0 aliphatic carbocycles. The van der Waals surface area contributed by atoms with Crippen LogP contribution in [0.5, 0.6) is 0 Å². The number of rotatable bonds is 7. The molecular weight excluding hydrogens is 360 g/mol. The molecule has 0 radical (unpaired) electrons. The van der Waals surface area contributed by atoms with Gasteiger partial charge in [-0.1, -0.05) is 19.4 Å². The van der Waals surface area contributed by atoms with Gasteiger partial charge in [-0.3, -0.25) is 0 Å². The lowest BCUT2D eigenvalue weighted by Crippen LogP contribution is -2.17. The summed E-state index contributed by atoms with van der Waals surface area (Å²) in [7, 11) is -3.66. The Morgan fingerprint density at radius 3 is 2.42 bits per heavy atom. The molecule has 0 aliphatic heterocycles. The number of hydrogen-bond donors (Lipinski definition) is 1. The van der Waals surface area contributed by atoms with Crippen LogP contribution in [-0.2, 0) is 9.84 Å². The molecule has 0 amide bonds. The maximum Gasteiger partial charge on any atom is 0.178 e. The first-order valence-corrected chi connectivity index (χ1v) is 9.80. The van der Waals surface area contributed by atoms with Crippen molar-refractivity contribution in [2.75, 3.05) is 12.4 Å². The Bertz CT molecular complexity index is 936. The van der Waals surface area contributed by atoms with Gasteiger partial charge in [0.15, 0.2) is 9.84 Å². The molecule has 7 heteroatoms. The van der Waals surface area contributed by atoms with Gasteiger partial charge in [0.2, 0.25) is 0 Å². The summed E-state index contributed by atoms with van der Waals surface area (Å²) in [5.74, 6) is -1.89. The van der Waals surface area contributed by atoms with Crippen molar-refractivity contribution >= 4 is 9.84 Å². The topological polar surface area (TPSA) is 78.2 Å². The largest absolute Gasteiger partial charge is 0.396 e. The van der Waals surface area contributed by atoms with Gasteiger partial charge in [-0.05, 0) is 36.6 Å². The monoisotopic (exact) mass is 379 g/mol. The van der Waals surface area contributed by atoms with Crippen molar-refractivity contribution in [3.8, 4) is 17.2 Å². The van der Waals surface area contributed by atoms with Crippen LogP contribution in [0.15, 0.2) is 41.3 Å². The zero-order valence-corrected chi connectivity index (χ0v) is 15.1. The molecule has 1 N–H and O–H groups in total. The number of hydrogen-bond acceptors (Lipinski definition) is 4. The van der Waals surface area contributed by atoms with Crippen molar-refractivity contribution in [2.45, 2.75) is 24.7 Å². The molecule has 138 valence electrons. The fraction of sp³-hybridized carbons (Fsp3) is 0.316. The fourth-order valence-electron chi connectivity index (χ4n) is 2.75. The molecule has 0 bridgehead atoms. The molecule has 0 spiro atoms. The minimum Gasteiger partial charge on any atom is -0.396 e. The van der Waals surface area contributed by atoms with Crippen LogP contribution < -0.4 is 0 Å². The van der Waals surface area contributed by atoms with Crippen LogP contribution >= 0.6 is 0 Å². The predicted molar refractivity (Wildman–Crippen MR) is 94.0 cm³/mol. The van der Waals surface area contributed by atoms with Gasteiger partial charge in [0.1, 0.15) is 11.6 Å². The van der Waals surface area contributed by atoms with Gasteiger partial charge < -0.3 is 5.11 Å². The Kier molecular flexibility index (Phi) is 6.46. The highest BCUT2D eigenvalue weighted by Gasteiger charge is 2.22. The van der Waals surface area contributed by atoms with Crippen LogP contribution in [0.25, 0.3) is 11.1 Å². The van der Waals surface area contributed by atoms with Crippen molar-refractivity contribution in [3.63, 3.8) is 0 Å². The van der Waals surface area contributed by atoms with Gasteiger partial charge >= 0.3 is 0 Å². The van der Waals surface area contributed by atoms with E-state index in [4.69, 9.17) is 5.11 Å². The second kappa shape index (κ2) is 8.39. The van der Waals surface area contributed by atoms with Crippen molar-refractivity contribution in [3.05, 3.63) is 53.6 Å². The average Bonchev–Trinajstić information content (AvgIpc) is 2.60. The Labute approximate surface area is 151 Å². The van der Waals surface area contributed by atoms with E-state index in [9.17, 15) is 22.5 Å². The van der Waals surface area contributed by atoms with Gasteiger partial charge in [0.05, 0.1) is 22.3 Å². The summed E-state index contributed by atoms with van der Waals surface area (Å²) in [6.07, 6.45) is 0.976. The Morgan fingerprint density at radius 2 is 1.85 bits per heavy atom. The molecule has 2 aromatic carbocycles. The van der Waals surface area contributed by atoms with E-state index in [0.29, 0.717) is 18.9 Å². The van der Waals surface area contributed by atoms with Crippen molar-refractivity contribution in [1.82, 2.24) is 0 Å². The normalized spacial score (nSPS) is 12.6. The number of aliphatic hydroxyl groups excluding tert-OH is 1. The highest BCUT2D eigenvalue weighted by Crippen LogP contribution is 2.29. The summed E-state index contributed by atoms with van der Waals surface area (Å²) < 4.78 is 52.3. The number of sulfone groups is 1. The second-order valence-corrected chi connectivity index (χ2v) is 8.05. The molecule has 0 heterocycles. The third kappa shape index (κ3) is 4.45. The number of benzene rings is 2. The van der Waals surface area contributed by atoms with Crippen molar-refractivity contribution in [1.29, 1.82) is 5.26 Å². The Hall–Kier alpha value is -2.30. The fourth-order valence-corrected chi connectivity index (χ4v) is 4.53. The molecule has 0 aromatic heterocycles. The molecule has 0 aliphatic rings. The summed E-state index contributed by atoms with van der Waals surface area (Å²) in [5.41, 5.74) is 0.219. The van der Waals surface area contributed by atoms with E-state index in [0.717, 1.165) is 6.07 Å². The Balaban J connectivity index is 2.44. The summed E-state index contributed by atoms with van der Waals surface area (Å²) in [6, 6.07) is 8.76. The summed E-state index contributed by atoms with van der Waals surface area (Å²) in [5, 5.41) is 18.4. The molecule has 1 atom stereocenters. The van der Waals surface area contributed by atoms with Crippen LogP contribution in [0.4, 0.5) is 8.78 Å². The van der Waals surface area contributed by atoms with Crippen LogP contribution in [-0.4, -0.2) is 25.9 Å². The van der Waals surface area contributed by atoms with Crippen LogP contribution in [0, 0.1) is 28.9 Å². The highest BCUT2D eigenvalue weighted by atomic mass is 32.2. The third-order valence-corrected chi connectivity index (χ3v) is 6.14. The number of nitriles is 1. The van der Waals surface area contributed by atoms with Gasteiger partial charge in [-0.2, -0.15) is 5.26 Å². The summed E-state index contributed by atoms with van der Waals surface area (Å²) in [6.45, 7) is 1.75. The lowest BCUT2D eigenvalue weighted by atomic mass is 10.00. The van der Waals surface area contributed by atoms with Gasteiger partial charge in [-0.25, -0.2) is 17.2 Å². The second-order valence-electron chi connectivity index (χ2n) is 6.01. The molecule has 26 heavy (non-hydrogen) atoms. The molecule has 4 nitrogen and oxygen atoms in total. The maximum atomic E-state index is 14.0. The zero-order chi connectivity index (χ0) is 19.3. The molecule has 0 saturated heterocycles. The Morgan fingerprint density at radius 1 is 1.15 bits per heavy atom. The van der Waals surface area contributed by atoms with Crippen LogP contribution in [0.2, 0.25) is 0 Å². The van der Waals surface area contributed by atoms with Crippen molar-refractivity contribution in [2.24, 2.45) is 5.92 Å². The van der Waals surface area contributed by atoms with E-state index < -0.39 is 21.5 Å². The van der Waals surface area contributed by atoms with Gasteiger partial charge in [0.25, 0.3) is 0 Å². The minimum atomic E-state index is -3.66. The zero-order valence-electron chi connectivity index (χ0n) is 14.2. The van der Waals surface area contributed by atoms with Crippen LogP contribution in [0.3, 0.4) is 0 Å². The van der Waals surface area contributed by atoms with E-state index in [1.807, 2.05) is 13.0 Å². The van der Waals surface area contributed by atoms with Crippen molar-refractivity contribution < 1.29 is 22.3 Å². The van der Waals surface area contributed by atoms with Crippen LogP contribution in [0.1, 0.15) is 25.3 Å². The predicted octanol–water partition coefficient (Wildman–Crippen LogP) is 3.69. The lowest BCUT2D eigenvalue weighted by Gasteiger charge is -2.14. The molecule has 2 aromatic rings. The molecule has 0 fully saturated rings. The molecule has 2 rings (SSSR count). The summed E-state index contributed by atoms with van der Waals surface area (Å²) in [4.78, 5) is -0.0308. The number of halogens is 2. The molecule has 1 unspecified atom stereocenters. The standard InChI is InChI=1S/C19H19F2NO3S/c1-2-13(7-8-23)12-26(24,25)16-4-6-17(14(9-16)11-22)18-5-3-15(20)10-19(18)21/h3-6,9-10,13,23H,2,7-8,12H2,1H3. The first-order valence-electron chi connectivity index (χ1n) is 8.15. The molecular formula is C19H19F2NO3S. The first-order chi connectivity index (χ1) is 12.3. The van der Waals surface area contributed by atoms with E-state index in [2.05, 4.69) is 0 Å². The summed E-state index contributed by atoms with van der Waals surface area (Å²) >= 11 is 0.